The largest absolute Gasteiger partial charge is 0.380 e. The maximum Gasteiger partial charge on any atom is 0.223 e. The second-order valence-corrected chi connectivity index (χ2v) is 3.60. The first-order valence-electron chi connectivity index (χ1n) is 4.76. The molecule has 76 valence electrons. The highest BCUT2D eigenvalue weighted by molar-refractivity contribution is 6.17. The minimum Gasteiger partial charge on any atom is -0.380 e. The van der Waals surface area contributed by atoms with Crippen molar-refractivity contribution in [3.63, 3.8) is 0 Å². The number of carbonyl (C=O) groups is 1. The maximum atomic E-state index is 11.1. The fraction of sp³-hybridized carbons (Fsp3) is 0.889. The van der Waals surface area contributed by atoms with Gasteiger partial charge in [-0.25, -0.2) is 0 Å². The fourth-order valence-corrected chi connectivity index (χ4v) is 1.14. The van der Waals surface area contributed by atoms with Crippen LogP contribution < -0.4 is 5.32 Å². The topological polar surface area (TPSA) is 38.3 Å². The molecule has 0 aromatic carbocycles. The molecule has 0 atom stereocenters. The van der Waals surface area contributed by atoms with Gasteiger partial charge in [0.1, 0.15) is 0 Å². The molecule has 0 saturated heterocycles. The van der Waals surface area contributed by atoms with Crippen LogP contribution in [0.15, 0.2) is 0 Å². The zero-order chi connectivity index (χ0) is 9.52. The molecule has 13 heavy (non-hydrogen) atoms. The standard InChI is InChI=1S/C9H16ClNO2/c10-4-7-13-6-1-5-11-9(12)8-2-3-8/h8H,1-7H2,(H,11,12). The first kappa shape index (κ1) is 10.8. The third kappa shape index (κ3) is 5.11. The van der Waals surface area contributed by atoms with Crippen molar-refractivity contribution in [2.45, 2.75) is 19.3 Å². The molecule has 0 aliphatic heterocycles. The SMILES string of the molecule is O=C(NCCCOCCCl)C1CC1. The number of amides is 1. The molecule has 0 spiro atoms. The lowest BCUT2D eigenvalue weighted by Crippen LogP contribution is -2.26. The summed E-state index contributed by atoms with van der Waals surface area (Å²) in [4.78, 5) is 11.1. The Balaban J connectivity index is 1.80. The molecular formula is C9H16ClNO2. The van der Waals surface area contributed by atoms with E-state index in [0.717, 1.165) is 25.8 Å². The predicted octanol–water partition coefficient (Wildman–Crippen LogP) is 1.16. The smallest absolute Gasteiger partial charge is 0.223 e. The molecule has 3 nitrogen and oxygen atoms in total. The van der Waals surface area contributed by atoms with Crippen LogP contribution in [0.1, 0.15) is 19.3 Å². The number of ether oxygens (including phenoxy) is 1. The molecule has 0 aromatic heterocycles. The Labute approximate surface area is 83.8 Å². The van der Waals surface area contributed by atoms with E-state index in [2.05, 4.69) is 5.32 Å². The van der Waals surface area contributed by atoms with Gasteiger partial charge >= 0.3 is 0 Å². The highest BCUT2D eigenvalue weighted by atomic mass is 35.5. The van der Waals surface area contributed by atoms with E-state index in [4.69, 9.17) is 16.3 Å². The monoisotopic (exact) mass is 205 g/mol. The van der Waals surface area contributed by atoms with Gasteiger partial charge in [-0.3, -0.25) is 4.79 Å². The molecule has 1 N–H and O–H groups in total. The molecule has 1 saturated carbocycles. The summed E-state index contributed by atoms with van der Waals surface area (Å²) in [5.41, 5.74) is 0. The lowest BCUT2D eigenvalue weighted by atomic mass is 10.3. The third-order valence-corrected chi connectivity index (χ3v) is 2.09. The average molecular weight is 206 g/mol. The van der Waals surface area contributed by atoms with Gasteiger partial charge in [-0.1, -0.05) is 0 Å². The first-order valence-corrected chi connectivity index (χ1v) is 5.29. The van der Waals surface area contributed by atoms with Gasteiger partial charge in [0.15, 0.2) is 0 Å². The van der Waals surface area contributed by atoms with Gasteiger partial charge in [-0.2, -0.15) is 0 Å². The number of hydrogen-bond donors (Lipinski definition) is 1. The predicted molar refractivity (Wildman–Crippen MR) is 51.9 cm³/mol. The molecule has 0 bridgehead atoms. The van der Waals surface area contributed by atoms with Gasteiger partial charge in [0.05, 0.1) is 6.61 Å². The van der Waals surface area contributed by atoms with E-state index < -0.39 is 0 Å². The molecule has 0 radical (unpaired) electrons. The Kier molecular flexibility index (Phi) is 5.16. The molecule has 0 unspecified atom stereocenters. The zero-order valence-corrected chi connectivity index (χ0v) is 8.48. The van der Waals surface area contributed by atoms with Crippen molar-refractivity contribution in [3.05, 3.63) is 0 Å². The van der Waals surface area contributed by atoms with Gasteiger partial charge in [-0.15, -0.1) is 11.6 Å². The molecule has 1 fully saturated rings. The Hall–Kier alpha value is -0.280. The zero-order valence-electron chi connectivity index (χ0n) is 7.72. The molecule has 1 amide bonds. The van der Waals surface area contributed by atoms with Crippen molar-refractivity contribution in [3.8, 4) is 0 Å². The van der Waals surface area contributed by atoms with Crippen LogP contribution in [0.25, 0.3) is 0 Å². The lowest BCUT2D eigenvalue weighted by molar-refractivity contribution is -0.122. The van der Waals surface area contributed by atoms with Gasteiger partial charge in [0.25, 0.3) is 0 Å². The van der Waals surface area contributed by atoms with Gasteiger partial charge < -0.3 is 10.1 Å². The van der Waals surface area contributed by atoms with Crippen molar-refractivity contribution in [1.29, 1.82) is 0 Å². The van der Waals surface area contributed by atoms with E-state index in [1.165, 1.54) is 0 Å². The summed E-state index contributed by atoms with van der Waals surface area (Å²) in [7, 11) is 0. The van der Waals surface area contributed by atoms with Crippen molar-refractivity contribution >= 4 is 17.5 Å². The summed E-state index contributed by atoms with van der Waals surface area (Å²) in [6, 6.07) is 0. The number of alkyl halides is 1. The third-order valence-electron chi connectivity index (χ3n) is 1.93. The number of rotatable bonds is 7. The normalized spacial score (nSPS) is 15.8. The lowest BCUT2D eigenvalue weighted by Gasteiger charge is -2.04. The van der Waals surface area contributed by atoms with Gasteiger partial charge in [0, 0.05) is 24.9 Å². The highest BCUT2D eigenvalue weighted by Crippen LogP contribution is 2.28. The second-order valence-electron chi connectivity index (χ2n) is 3.22. The van der Waals surface area contributed by atoms with Crippen LogP contribution in [0.4, 0.5) is 0 Å². The number of halogens is 1. The van der Waals surface area contributed by atoms with Crippen LogP contribution in [-0.4, -0.2) is 31.5 Å². The van der Waals surface area contributed by atoms with Crippen molar-refractivity contribution in [1.82, 2.24) is 5.32 Å². The summed E-state index contributed by atoms with van der Waals surface area (Å²) in [6.45, 7) is 1.99. The molecule has 1 aliphatic rings. The fourth-order valence-electron chi connectivity index (χ4n) is 1.03. The number of nitrogens with one attached hydrogen (secondary N) is 1. The Morgan fingerprint density at radius 3 is 2.85 bits per heavy atom. The van der Waals surface area contributed by atoms with Crippen LogP contribution in [0.3, 0.4) is 0 Å². The average Bonchev–Trinajstić information content (AvgIpc) is 2.93. The summed E-state index contributed by atoms with van der Waals surface area (Å²) in [5.74, 6) is 1.05. The van der Waals surface area contributed by atoms with E-state index in [1.54, 1.807) is 0 Å². The summed E-state index contributed by atoms with van der Waals surface area (Å²) in [5, 5.41) is 2.87. The van der Waals surface area contributed by atoms with E-state index in [-0.39, 0.29) is 5.91 Å². The highest BCUT2D eigenvalue weighted by Gasteiger charge is 2.28. The Morgan fingerprint density at radius 2 is 2.23 bits per heavy atom. The number of carbonyl (C=O) groups excluding carboxylic acids is 1. The molecule has 1 rings (SSSR count). The van der Waals surface area contributed by atoms with Crippen molar-refractivity contribution in [2.75, 3.05) is 25.6 Å². The van der Waals surface area contributed by atoms with E-state index in [9.17, 15) is 4.79 Å². The van der Waals surface area contributed by atoms with Crippen LogP contribution in [-0.2, 0) is 9.53 Å². The second kappa shape index (κ2) is 6.22. The van der Waals surface area contributed by atoms with Crippen LogP contribution >= 0.6 is 11.6 Å². The summed E-state index contributed by atoms with van der Waals surface area (Å²) >= 11 is 5.42. The van der Waals surface area contributed by atoms with Gasteiger partial charge in [-0.05, 0) is 19.3 Å². The minimum absolute atomic E-state index is 0.206. The van der Waals surface area contributed by atoms with E-state index in [0.29, 0.717) is 25.0 Å². The van der Waals surface area contributed by atoms with Crippen LogP contribution in [0.2, 0.25) is 0 Å². The van der Waals surface area contributed by atoms with Crippen molar-refractivity contribution < 1.29 is 9.53 Å². The molecule has 0 aromatic rings. The van der Waals surface area contributed by atoms with Crippen LogP contribution in [0, 0.1) is 5.92 Å². The Bertz CT molecular complexity index is 160. The maximum absolute atomic E-state index is 11.1. The van der Waals surface area contributed by atoms with Crippen molar-refractivity contribution in [2.24, 2.45) is 5.92 Å². The van der Waals surface area contributed by atoms with Crippen LogP contribution in [0.5, 0.6) is 0 Å². The summed E-state index contributed by atoms with van der Waals surface area (Å²) < 4.78 is 5.16. The Morgan fingerprint density at radius 1 is 1.46 bits per heavy atom. The molecular weight excluding hydrogens is 190 g/mol. The van der Waals surface area contributed by atoms with E-state index in [1.807, 2.05) is 0 Å². The summed E-state index contributed by atoms with van der Waals surface area (Å²) in [6.07, 6.45) is 3.00. The first-order chi connectivity index (χ1) is 6.34. The molecule has 4 heteroatoms. The van der Waals surface area contributed by atoms with E-state index >= 15 is 0 Å². The minimum atomic E-state index is 0.206. The molecule has 0 heterocycles. The van der Waals surface area contributed by atoms with Gasteiger partial charge in [0.2, 0.25) is 5.91 Å². The molecule has 1 aliphatic carbocycles. The number of hydrogen-bond acceptors (Lipinski definition) is 2. The quantitative estimate of drug-likeness (QED) is 0.501.